The van der Waals surface area contributed by atoms with Crippen LogP contribution in [0.3, 0.4) is 0 Å². The van der Waals surface area contributed by atoms with Crippen LogP contribution in [0.4, 0.5) is 13.2 Å². The van der Waals surface area contributed by atoms with E-state index in [-0.39, 0.29) is 50.2 Å². The smallest absolute Gasteiger partial charge is 0.435 e. The summed E-state index contributed by atoms with van der Waals surface area (Å²) in [5.41, 5.74) is -0.608. The summed E-state index contributed by atoms with van der Waals surface area (Å²) >= 11 is 0. The number of hydrogen-bond donors (Lipinski definition) is 1. The molecule has 3 aromatic rings. The highest BCUT2D eigenvalue weighted by molar-refractivity contribution is 5.71. The van der Waals surface area contributed by atoms with E-state index in [1.54, 1.807) is 43.3 Å². The highest BCUT2D eigenvalue weighted by Gasteiger charge is 2.40. The molecule has 4 rings (SSSR count). The molecule has 0 amide bonds. The molecule has 0 saturated carbocycles. The van der Waals surface area contributed by atoms with Crippen molar-refractivity contribution in [3.63, 3.8) is 0 Å². The average molecular weight is 536 g/mol. The third-order valence-electron chi connectivity index (χ3n) is 5.31. The van der Waals surface area contributed by atoms with Crippen LogP contribution in [0, 0.1) is 0 Å². The van der Waals surface area contributed by atoms with Crippen molar-refractivity contribution in [2.45, 2.75) is 26.1 Å². The molecule has 1 aromatic heterocycles. The van der Waals surface area contributed by atoms with Crippen molar-refractivity contribution >= 4 is 11.9 Å². The number of ether oxygens (including phenoxy) is 5. The third-order valence-corrected chi connectivity index (χ3v) is 5.31. The lowest BCUT2D eigenvalue weighted by atomic mass is 10.0. The van der Waals surface area contributed by atoms with Gasteiger partial charge in [-0.2, -0.15) is 18.3 Å². The number of rotatable bonds is 11. The summed E-state index contributed by atoms with van der Waals surface area (Å²) in [5, 5.41) is 12.9. The average Bonchev–Trinajstić information content (AvgIpc) is 3.46. The molecule has 1 N–H and O–H groups in total. The van der Waals surface area contributed by atoms with Gasteiger partial charge in [-0.05, 0) is 42.3 Å². The van der Waals surface area contributed by atoms with Gasteiger partial charge >= 0.3 is 18.1 Å². The molecule has 202 valence electrons. The molecule has 0 spiro atoms. The largest absolute Gasteiger partial charge is 0.482 e. The van der Waals surface area contributed by atoms with Gasteiger partial charge in [-0.3, -0.25) is 0 Å². The fourth-order valence-electron chi connectivity index (χ4n) is 3.78. The summed E-state index contributed by atoms with van der Waals surface area (Å²) in [4.78, 5) is 22.8. The van der Waals surface area contributed by atoms with Crippen LogP contribution in [0.2, 0.25) is 0 Å². The molecule has 1 aliphatic rings. The Labute approximate surface area is 214 Å². The predicted octanol–water partition coefficient (Wildman–Crippen LogP) is 3.68. The number of benzene rings is 2. The molecule has 0 radical (unpaired) electrons. The van der Waals surface area contributed by atoms with Crippen LogP contribution < -0.4 is 18.9 Å². The van der Waals surface area contributed by atoms with Crippen LogP contribution in [0.1, 0.15) is 29.3 Å². The van der Waals surface area contributed by atoms with Crippen molar-refractivity contribution in [1.82, 2.24) is 9.78 Å². The fourth-order valence-corrected chi connectivity index (χ4v) is 3.78. The number of esters is 1. The molecule has 0 bridgehead atoms. The van der Waals surface area contributed by atoms with Gasteiger partial charge in [0.15, 0.2) is 30.4 Å². The van der Waals surface area contributed by atoms with Gasteiger partial charge in [0.05, 0.1) is 18.7 Å². The molecule has 0 atom stereocenters. The van der Waals surface area contributed by atoms with Crippen molar-refractivity contribution < 1.29 is 51.6 Å². The summed E-state index contributed by atoms with van der Waals surface area (Å²) < 4.78 is 69.2. The molecule has 38 heavy (non-hydrogen) atoms. The molecule has 0 saturated heterocycles. The Bertz CT molecular complexity index is 1320. The fraction of sp³-hybridized carbons (Fsp3) is 0.320. The lowest BCUT2D eigenvalue weighted by Gasteiger charge is -2.12. The lowest BCUT2D eigenvalue weighted by Crippen LogP contribution is -2.15. The quantitative estimate of drug-likeness (QED) is 0.366. The number of carboxylic acids is 1. The minimum absolute atomic E-state index is 0.0000591. The number of carboxylic acid groups (broad SMARTS) is 1. The number of aromatic nitrogens is 2. The monoisotopic (exact) mass is 536 g/mol. The van der Waals surface area contributed by atoms with Gasteiger partial charge in [0, 0.05) is 6.42 Å². The summed E-state index contributed by atoms with van der Waals surface area (Å²) in [5.74, 6) is -1.14. The second-order valence-corrected chi connectivity index (χ2v) is 8.08. The highest BCUT2D eigenvalue weighted by Crippen LogP contribution is 2.39. The zero-order chi connectivity index (χ0) is 27.3. The number of carbonyl (C=O) groups excluding carboxylic acids is 1. The van der Waals surface area contributed by atoms with Crippen LogP contribution in [0.15, 0.2) is 42.5 Å². The van der Waals surface area contributed by atoms with Crippen LogP contribution in [-0.4, -0.2) is 53.4 Å². The standard InChI is InChI=1S/C25H23F3N2O8/c1-2-34-22(33)13-35-17-5-3-4-16(8-17)11-30-24(36-12-21(31)32)18(23(29-30)25(26,27)28)9-15-6-7-19-20(10-15)38-14-37-19/h3-8,10H,2,9,11-14H2,1H3,(H,31,32). The SMILES string of the molecule is CCOC(=O)COc1cccc(Cn2nc(C(F)(F)F)c(Cc3ccc4c(c3)OCO4)c2OCC(=O)O)c1. The Balaban J connectivity index is 1.67. The number of hydrogen-bond acceptors (Lipinski definition) is 8. The van der Waals surface area contributed by atoms with Crippen LogP contribution in [0.25, 0.3) is 0 Å². The van der Waals surface area contributed by atoms with E-state index in [0.717, 1.165) is 4.68 Å². The normalized spacial score (nSPS) is 12.3. The van der Waals surface area contributed by atoms with Gasteiger partial charge < -0.3 is 28.8 Å². The first-order valence-electron chi connectivity index (χ1n) is 11.4. The maximum absolute atomic E-state index is 14.0. The first kappa shape index (κ1) is 26.6. The third kappa shape index (κ3) is 6.47. The summed E-state index contributed by atoms with van der Waals surface area (Å²) in [6.07, 6.45) is -5.11. The van der Waals surface area contributed by atoms with E-state index in [9.17, 15) is 22.8 Å². The van der Waals surface area contributed by atoms with Crippen molar-refractivity contribution in [3.8, 4) is 23.1 Å². The van der Waals surface area contributed by atoms with Gasteiger partial charge in [-0.15, -0.1) is 0 Å². The summed E-state index contributed by atoms with van der Waals surface area (Å²) in [6, 6.07) is 11.0. The molecular weight excluding hydrogens is 513 g/mol. The Morgan fingerprint density at radius 3 is 2.58 bits per heavy atom. The Morgan fingerprint density at radius 2 is 1.84 bits per heavy atom. The first-order chi connectivity index (χ1) is 18.1. The number of aliphatic carboxylic acids is 1. The van der Waals surface area contributed by atoms with E-state index in [2.05, 4.69) is 5.10 Å². The Morgan fingerprint density at radius 1 is 1.05 bits per heavy atom. The molecule has 13 heteroatoms. The van der Waals surface area contributed by atoms with E-state index < -0.39 is 30.4 Å². The Kier molecular flexibility index (Phi) is 7.93. The van der Waals surface area contributed by atoms with Gasteiger partial charge in [0.2, 0.25) is 12.7 Å². The zero-order valence-corrected chi connectivity index (χ0v) is 20.1. The topological polar surface area (TPSA) is 118 Å². The molecule has 0 unspecified atom stereocenters. The molecule has 2 aromatic carbocycles. The van der Waals surface area contributed by atoms with Crippen molar-refractivity contribution in [2.24, 2.45) is 0 Å². The molecular formula is C25H23F3N2O8. The molecule has 2 heterocycles. The van der Waals surface area contributed by atoms with Crippen LogP contribution in [-0.2, 0) is 33.5 Å². The van der Waals surface area contributed by atoms with Crippen molar-refractivity contribution in [2.75, 3.05) is 26.6 Å². The van der Waals surface area contributed by atoms with Gasteiger partial charge in [-0.25, -0.2) is 14.3 Å². The molecule has 1 aliphatic heterocycles. The van der Waals surface area contributed by atoms with Gasteiger partial charge in [0.1, 0.15) is 5.75 Å². The van der Waals surface area contributed by atoms with Crippen LogP contribution in [0.5, 0.6) is 23.1 Å². The van der Waals surface area contributed by atoms with Crippen molar-refractivity contribution in [3.05, 3.63) is 64.8 Å². The summed E-state index contributed by atoms with van der Waals surface area (Å²) in [6.45, 7) is 0.430. The predicted molar refractivity (Wildman–Crippen MR) is 123 cm³/mol. The Hall–Kier alpha value is -4.42. The van der Waals surface area contributed by atoms with E-state index in [1.165, 1.54) is 6.07 Å². The minimum Gasteiger partial charge on any atom is -0.482 e. The molecule has 0 aliphatic carbocycles. The van der Waals surface area contributed by atoms with E-state index in [1.807, 2.05) is 0 Å². The van der Waals surface area contributed by atoms with E-state index in [4.69, 9.17) is 28.8 Å². The molecule has 10 nitrogen and oxygen atoms in total. The van der Waals surface area contributed by atoms with Crippen molar-refractivity contribution in [1.29, 1.82) is 0 Å². The maximum atomic E-state index is 14.0. The van der Waals surface area contributed by atoms with Gasteiger partial charge in [0.25, 0.3) is 0 Å². The zero-order valence-electron chi connectivity index (χ0n) is 20.1. The highest BCUT2D eigenvalue weighted by atomic mass is 19.4. The summed E-state index contributed by atoms with van der Waals surface area (Å²) in [7, 11) is 0. The number of carbonyl (C=O) groups is 2. The number of nitrogens with zero attached hydrogens (tertiary/aromatic N) is 2. The maximum Gasteiger partial charge on any atom is 0.435 e. The first-order valence-corrected chi connectivity index (χ1v) is 11.4. The molecule has 0 fully saturated rings. The number of halogens is 3. The van der Waals surface area contributed by atoms with Crippen LogP contribution >= 0.6 is 0 Å². The second kappa shape index (κ2) is 11.3. The second-order valence-electron chi connectivity index (χ2n) is 8.08. The lowest BCUT2D eigenvalue weighted by molar-refractivity contribution is -0.145. The van der Waals surface area contributed by atoms with Gasteiger partial charge in [-0.1, -0.05) is 18.2 Å². The van der Waals surface area contributed by atoms with E-state index >= 15 is 0 Å². The van der Waals surface area contributed by atoms with E-state index in [0.29, 0.717) is 22.6 Å². The number of fused-ring (bicyclic) bond motifs is 1. The minimum atomic E-state index is -4.84. The number of alkyl halides is 3.